The number of benzene rings is 1. The van der Waals surface area contributed by atoms with Gasteiger partial charge in [0.1, 0.15) is 5.75 Å². The van der Waals surface area contributed by atoms with Gasteiger partial charge in [-0.25, -0.2) is 0 Å². The summed E-state index contributed by atoms with van der Waals surface area (Å²) in [4.78, 5) is 0. The zero-order valence-corrected chi connectivity index (χ0v) is 9.84. The smallest absolute Gasteiger partial charge is 0.121 e. The fraction of sp³-hybridized carbons (Fsp3) is 0.571. The van der Waals surface area contributed by atoms with Crippen molar-refractivity contribution in [2.75, 3.05) is 6.54 Å². The van der Waals surface area contributed by atoms with Gasteiger partial charge in [-0.05, 0) is 67.8 Å². The second kappa shape index (κ2) is 3.77. The van der Waals surface area contributed by atoms with Crippen molar-refractivity contribution in [2.45, 2.75) is 45.1 Å². The molecule has 3 rings (SSSR count). The van der Waals surface area contributed by atoms with Gasteiger partial charge in [-0.15, -0.1) is 0 Å². The third-order valence-corrected chi connectivity index (χ3v) is 4.03. The van der Waals surface area contributed by atoms with Crippen molar-refractivity contribution >= 4 is 0 Å². The molecule has 1 aliphatic heterocycles. The van der Waals surface area contributed by atoms with Crippen LogP contribution in [-0.2, 0) is 12.8 Å². The lowest BCUT2D eigenvalue weighted by Crippen LogP contribution is -2.15. The number of aromatic hydroxyl groups is 1. The molecule has 1 aliphatic carbocycles. The first-order valence-electron chi connectivity index (χ1n) is 6.35. The quantitative estimate of drug-likeness (QED) is 0.758. The van der Waals surface area contributed by atoms with Crippen molar-refractivity contribution in [2.24, 2.45) is 0 Å². The molecule has 1 heterocycles. The molecule has 1 atom stereocenters. The standard InChI is InChI=1S/C14H19NO/c1-9-8-12(13-6-3-7-15-13)10-4-2-5-11(10)14(9)16/h8,13,15-16H,2-7H2,1H3/t13-/m0/s1. The van der Waals surface area contributed by atoms with E-state index in [-0.39, 0.29) is 0 Å². The van der Waals surface area contributed by atoms with Gasteiger partial charge in [0.05, 0.1) is 0 Å². The molecule has 2 aliphatic rings. The molecule has 0 bridgehead atoms. The highest BCUT2D eigenvalue weighted by atomic mass is 16.3. The molecule has 1 aromatic rings. The van der Waals surface area contributed by atoms with E-state index in [0.29, 0.717) is 11.8 Å². The Morgan fingerprint density at radius 2 is 2.06 bits per heavy atom. The topological polar surface area (TPSA) is 32.3 Å². The Balaban J connectivity index is 2.11. The second-order valence-electron chi connectivity index (χ2n) is 5.09. The Hall–Kier alpha value is -1.02. The number of phenolic OH excluding ortho intramolecular Hbond substituents is 1. The fourth-order valence-corrected chi connectivity index (χ4v) is 3.21. The summed E-state index contributed by atoms with van der Waals surface area (Å²) in [5.41, 5.74) is 5.16. The van der Waals surface area contributed by atoms with Gasteiger partial charge in [0.15, 0.2) is 0 Å². The third-order valence-electron chi connectivity index (χ3n) is 4.03. The summed E-state index contributed by atoms with van der Waals surface area (Å²) < 4.78 is 0. The first-order chi connectivity index (χ1) is 7.77. The molecule has 1 saturated heterocycles. The number of hydrogen-bond acceptors (Lipinski definition) is 2. The Kier molecular flexibility index (Phi) is 2.40. The van der Waals surface area contributed by atoms with Crippen molar-refractivity contribution < 1.29 is 5.11 Å². The van der Waals surface area contributed by atoms with Gasteiger partial charge in [-0.2, -0.15) is 0 Å². The van der Waals surface area contributed by atoms with Crippen molar-refractivity contribution in [1.82, 2.24) is 5.32 Å². The fourth-order valence-electron chi connectivity index (χ4n) is 3.21. The van der Waals surface area contributed by atoms with Crippen molar-refractivity contribution in [3.8, 4) is 5.75 Å². The van der Waals surface area contributed by atoms with E-state index >= 15 is 0 Å². The van der Waals surface area contributed by atoms with E-state index in [1.54, 1.807) is 0 Å². The molecule has 2 N–H and O–H groups in total. The van der Waals surface area contributed by atoms with E-state index in [4.69, 9.17) is 0 Å². The van der Waals surface area contributed by atoms with E-state index in [2.05, 4.69) is 11.4 Å². The lowest BCUT2D eigenvalue weighted by Gasteiger charge is -2.18. The predicted molar refractivity (Wildman–Crippen MR) is 64.8 cm³/mol. The lowest BCUT2D eigenvalue weighted by molar-refractivity contribution is 0.464. The van der Waals surface area contributed by atoms with Gasteiger partial charge in [-0.1, -0.05) is 6.07 Å². The molecular weight excluding hydrogens is 198 g/mol. The maximum Gasteiger partial charge on any atom is 0.121 e. The largest absolute Gasteiger partial charge is 0.507 e. The van der Waals surface area contributed by atoms with Crippen LogP contribution in [0.3, 0.4) is 0 Å². The summed E-state index contributed by atoms with van der Waals surface area (Å²) in [6.07, 6.45) is 5.93. The normalized spacial score (nSPS) is 23.7. The van der Waals surface area contributed by atoms with Crippen molar-refractivity contribution in [3.63, 3.8) is 0 Å². The van der Waals surface area contributed by atoms with Crippen LogP contribution in [0, 0.1) is 6.92 Å². The molecule has 86 valence electrons. The SMILES string of the molecule is Cc1cc([C@@H]2CCCN2)c2c(c1O)CCC2. The van der Waals surface area contributed by atoms with Crippen LogP contribution in [0.4, 0.5) is 0 Å². The molecule has 0 unspecified atom stereocenters. The minimum absolute atomic E-state index is 0.533. The molecule has 1 fully saturated rings. The molecule has 0 saturated carbocycles. The third kappa shape index (κ3) is 1.44. The monoisotopic (exact) mass is 217 g/mol. The van der Waals surface area contributed by atoms with Gasteiger partial charge in [0, 0.05) is 6.04 Å². The summed E-state index contributed by atoms with van der Waals surface area (Å²) in [6, 6.07) is 2.73. The minimum atomic E-state index is 0.533. The average molecular weight is 217 g/mol. The van der Waals surface area contributed by atoms with E-state index in [1.807, 2.05) is 6.92 Å². The van der Waals surface area contributed by atoms with Crippen LogP contribution in [0.5, 0.6) is 5.75 Å². The Morgan fingerprint density at radius 1 is 1.25 bits per heavy atom. The van der Waals surface area contributed by atoms with Crippen molar-refractivity contribution in [3.05, 3.63) is 28.3 Å². The van der Waals surface area contributed by atoms with Crippen molar-refractivity contribution in [1.29, 1.82) is 0 Å². The number of fused-ring (bicyclic) bond motifs is 1. The molecule has 0 radical (unpaired) electrons. The van der Waals surface area contributed by atoms with E-state index in [0.717, 1.165) is 24.9 Å². The summed E-state index contributed by atoms with van der Waals surface area (Å²) in [6.45, 7) is 3.16. The van der Waals surface area contributed by atoms with Gasteiger partial charge in [0.25, 0.3) is 0 Å². The van der Waals surface area contributed by atoms with Crippen LogP contribution in [0.1, 0.15) is 47.6 Å². The van der Waals surface area contributed by atoms with Gasteiger partial charge in [-0.3, -0.25) is 0 Å². The molecule has 1 aromatic carbocycles. The Morgan fingerprint density at radius 3 is 2.81 bits per heavy atom. The number of phenols is 1. The van der Waals surface area contributed by atoms with Crippen LogP contribution >= 0.6 is 0 Å². The van der Waals surface area contributed by atoms with Gasteiger partial charge >= 0.3 is 0 Å². The average Bonchev–Trinajstić information content (AvgIpc) is 2.93. The molecule has 0 aromatic heterocycles. The summed E-state index contributed by atoms with van der Waals surface area (Å²) in [7, 11) is 0. The highest BCUT2D eigenvalue weighted by Gasteiger charge is 2.25. The van der Waals surface area contributed by atoms with Crippen LogP contribution < -0.4 is 5.32 Å². The van der Waals surface area contributed by atoms with E-state index in [9.17, 15) is 5.11 Å². The first-order valence-corrected chi connectivity index (χ1v) is 6.35. The highest BCUT2D eigenvalue weighted by molar-refractivity contribution is 5.52. The molecule has 0 amide bonds. The molecule has 2 heteroatoms. The number of nitrogens with one attached hydrogen (secondary N) is 1. The summed E-state index contributed by atoms with van der Waals surface area (Å²) >= 11 is 0. The van der Waals surface area contributed by atoms with Crippen LogP contribution in [0.25, 0.3) is 0 Å². The number of aryl methyl sites for hydroxylation is 1. The van der Waals surface area contributed by atoms with Crippen LogP contribution in [0.15, 0.2) is 6.07 Å². The maximum absolute atomic E-state index is 10.1. The highest BCUT2D eigenvalue weighted by Crippen LogP contribution is 2.39. The van der Waals surface area contributed by atoms with Gasteiger partial charge in [0.2, 0.25) is 0 Å². The Bertz CT molecular complexity index is 419. The van der Waals surface area contributed by atoms with E-state index in [1.165, 1.54) is 36.0 Å². The molecule has 0 spiro atoms. The first kappa shape index (κ1) is 10.2. The molecular formula is C14H19NO. The summed E-state index contributed by atoms with van der Waals surface area (Å²) in [5, 5.41) is 13.6. The zero-order chi connectivity index (χ0) is 11.1. The summed E-state index contributed by atoms with van der Waals surface area (Å²) in [5.74, 6) is 0.550. The predicted octanol–water partition coefficient (Wildman–Crippen LogP) is 2.61. The number of rotatable bonds is 1. The Labute approximate surface area is 96.7 Å². The van der Waals surface area contributed by atoms with E-state index < -0.39 is 0 Å². The van der Waals surface area contributed by atoms with Gasteiger partial charge < -0.3 is 10.4 Å². The van der Waals surface area contributed by atoms with Crippen LogP contribution in [0.2, 0.25) is 0 Å². The second-order valence-corrected chi connectivity index (χ2v) is 5.09. The van der Waals surface area contributed by atoms with Crippen LogP contribution in [-0.4, -0.2) is 11.7 Å². The molecule has 2 nitrogen and oxygen atoms in total. The number of hydrogen-bond donors (Lipinski definition) is 2. The maximum atomic E-state index is 10.1. The minimum Gasteiger partial charge on any atom is -0.507 e. The lowest BCUT2D eigenvalue weighted by atomic mass is 9.93. The molecule has 16 heavy (non-hydrogen) atoms. The zero-order valence-electron chi connectivity index (χ0n) is 9.84.